The van der Waals surface area contributed by atoms with Crippen molar-refractivity contribution in [1.82, 2.24) is 24.6 Å². The minimum Gasteiger partial charge on any atom is -0.335 e. The molecule has 3 heterocycles. The average Bonchev–Trinajstić information content (AvgIpc) is 3.23. The van der Waals surface area contributed by atoms with Crippen LogP contribution in [0.1, 0.15) is 47.1 Å². The molecule has 0 saturated carbocycles. The summed E-state index contributed by atoms with van der Waals surface area (Å²) in [5.74, 6) is 1.75. The molecule has 136 valence electrons. The lowest BCUT2D eigenvalue weighted by molar-refractivity contribution is 0.422. The highest BCUT2D eigenvalue weighted by Crippen LogP contribution is 2.25. The van der Waals surface area contributed by atoms with Gasteiger partial charge in [-0.1, -0.05) is 30.3 Å². The highest BCUT2D eigenvalue weighted by atomic mass is 15.3. The highest BCUT2D eigenvalue weighted by molar-refractivity contribution is 5.26. The molecule has 0 fully saturated rings. The lowest BCUT2D eigenvalue weighted by Gasteiger charge is -2.23. The summed E-state index contributed by atoms with van der Waals surface area (Å²) in [6, 6.07) is 10.5. The topological polar surface area (TPSA) is 47.7 Å². The van der Waals surface area contributed by atoms with Crippen molar-refractivity contribution in [3.63, 3.8) is 0 Å². The van der Waals surface area contributed by atoms with Crippen LogP contribution in [0.15, 0.2) is 42.7 Å². The first-order valence-corrected chi connectivity index (χ1v) is 9.51. The second kappa shape index (κ2) is 7.46. The van der Waals surface area contributed by atoms with Gasteiger partial charge in [0.1, 0.15) is 5.82 Å². The van der Waals surface area contributed by atoms with E-state index in [1.54, 1.807) is 0 Å². The highest BCUT2D eigenvalue weighted by Gasteiger charge is 2.21. The van der Waals surface area contributed by atoms with Crippen LogP contribution in [0.3, 0.4) is 0 Å². The summed E-state index contributed by atoms with van der Waals surface area (Å²) in [6.45, 7) is 8.05. The molecule has 0 amide bonds. The minimum atomic E-state index is 0.513. The van der Waals surface area contributed by atoms with E-state index in [1.165, 1.54) is 35.5 Å². The van der Waals surface area contributed by atoms with Gasteiger partial charge in [0, 0.05) is 49.2 Å². The second-order valence-corrected chi connectivity index (χ2v) is 7.24. The van der Waals surface area contributed by atoms with Crippen molar-refractivity contribution in [2.45, 2.75) is 52.2 Å². The predicted octanol–water partition coefficient (Wildman–Crippen LogP) is 3.41. The predicted molar refractivity (Wildman–Crippen MR) is 103 cm³/mol. The van der Waals surface area contributed by atoms with Gasteiger partial charge in [0.25, 0.3) is 0 Å². The van der Waals surface area contributed by atoms with Gasteiger partial charge < -0.3 is 9.88 Å². The SMILES string of the molecule is Cc1nn(Cc2ccccc2)c(C)c1CNC[C@@H]1CCCn2ccnc21. The van der Waals surface area contributed by atoms with Crippen LogP contribution in [0.25, 0.3) is 0 Å². The Hall–Kier alpha value is -2.40. The van der Waals surface area contributed by atoms with E-state index in [2.05, 4.69) is 69.9 Å². The Labute approximate surface area is 155 Å². The summed E-state index contributed by atoms with van der Waals surface area (Å²) in [4.78, 5) is 4.56. The molecule has 2 aromatic heterocycles. The Morgan fingerprint density at radius 1 is 1.19 bits per heavy atom. The molecule has 0 aliphatic carbocycles. The molecule has 4 rings (SSSR count). The molecule has 1 atom stereocenters. The molecular formula is C21H27N5. The zero-order valence-corrected chi connectivity index (χ0v) is 15.7. The third-order valence-electron chi connectivity index (χ3n) is 5.46. The van der Waals surface area contributed by atoms with Crippen molar-refractivity contribution >= 4 is 0 Å². The summed E-state index contributed by atoms with van der Waals surface area (Å²) in [5.41, 5.74) is 4.98. The third-order valence-corrected chi connectivity index (χ3v) is 5.46. The van der Waals surface area contributed by atoms with E-state index in [-0.39, 0.29) is 0 Å². The van der Waals surface area contributed by atoms with Crippen LogP contribution >= 0.6 is 0 Å². The van der Waals surface area contributed by atoms with E-state index in [1.807, 2.05) is 6.20 Å². The van der Waals surface area contributed by atoms with Gasteiger partial charge >= 0.3 is 0 Å². The van der Waals surface area contributed by atoms with Crippen molar-refractivity contribution in [2.24, 2.45) is 0 Å². The van der Waals surface area contributed by atoms with Crippen LogP contribution in [-0.2, 0) is 19.6 Å². The standard InChI is InChI=1S/C21H27N5/c1-16-20(17(2)26(24-16)15-18-7-4-3-5-8-18)14-22-13-19-9-6-11-25-12-10-23-21(19)25/h3-5,7-8,10,12,19,22H,6,9,11,13-15H2,1-2H3/t19-/m0/s1. The Morgan fingerprint density at radius 3 is 2.88 bits per heavy atom. The molecule has 1 aliphatic heterocycles. The Morgan fingerprint density at radius 2 is 2.04 bits per heavy atom. The van der Waals surface area contributed by atoms with Crippen molar-refractivity contribution in [3.8, 4) is 0 Å². The van der Waals surface area contributed by atoms with Crippen molar-refractivity contribution in [2.75, 3.05) is 6.54 Å². The molecule has 1 aliphatic rings. The van der Waals surface area contributed by atoms with E-state index in [0.717, 1.165) is 31.9 Å². The van der Waals surface area contributed by atoms with Gasteiger partial charge in [0.15, 0.2) is 0 Å². The van der Waals surface area contributed by atoms with E-state index < -0.39 is 0 Å². The number of hydrogen-bond donors (Lipinski definition) is 1. The van der Waals surface area contributed by atoms with Crippen molar-refractivity contribution in [3.05, 3.63) is 71.1 Å². The second-order valence-electron chi connectivity index (χ2n) is 7.24. The van der Waals surface area contributed by atoms with Crippen molar-refractivity contribution in [1.29, 1.82) is 0 Å². The first kappa shape index (κ1) is 17.0. The maximum Gasteiger partial charge on any atom is 0.113 e. The number of nitrogens with one attached hydrogen (secondary N) is 1. The molecule has 0 radical (unpaired) electrons. The number of benzene rings is 1. The van der Waals surface area contributed by atoms with Crippen LogP contribution in [0.4, 0.5) is 0 Å². The van der Waals surface area contributed by atoms with Crippen LogP contribution in [0.5, 0.6) is 0 Å². The molecule has 5 heteroatoms. The number of nitrogens with zero attached hydrogens (tertiary/aromatic N) is 4. The van der Waals surface area contributed by atoms with Gasteiger partial charge in [-0.15, -0.1) is 0 Å². The smallest absolute Gasteiger partial charge is 0.113 e. The Bertz CT molecular complexity index is 862. The summed E-state index contributed by atoms with van der Waals surface area (Å²) in [7, 11) is 0. The molecule has 0 saturated heterocycles. The van der Waals surface area contributed by atoms with E-state index in [0.29, 0.717) is 5.92 Å². The van der Waals surface area contributed by atoms with E-state index >= 15 is 0 Å². The van der Waals surface area contributed by atoms with E-state index in [9.17, 15) is 0 Å². The summed E-state index contributed by atoms with van der Waals surface area (Å²) < 4.78 is 4.42. The molecule has 3 aromatic rings. The van der Waals surface area contributed by atoms with Gasteiger partial charge in [-0.05, 0) is 32.3 Å². The summed E-state index contributed by atoms with van der Waals surface area (Å²) in [6.07, 6.45) is 6.48. The van der Waals surface area contributed by atoms with Crippen LogP contribution in [0, 0.1) is 13.8 Å². The zero-order chi connectivity index (χ0) is 17.9. The molecule has 0 spiro atoms. The van der Waals surface area contributed by atoms with Gasteiger partial charge in [0.2, 0.25) is 0 Å². The quantitative estimate of drug-likeness (QED) is 0.742. The number of aromatic nitrogens is 4. The van der Waals surface area contributed by atoms with Gasteiger partial charge in [-0.2, -0.15) is 5.10 Å². The average molecular weight is 349 g/mol. The fraction of sp³-hybridized carbons (Fsp3) is 0.429. The molecule has 1 N–H and O–H groups in total. The van der Waals surface area contributed by atoms with Crippen LogP contribution in [-0.4, -0.2) is 25.9 Å². The number of rotatable bonds is 6. The molecule has 26 heavy (non-hydrogen) atoms. The molecule has 0 bridgehead atoms. The first-order valence-electron chi connectivity index (χ1n) is 9.51. The van der Waals surface area contributed by atoms with Crippen LogP contribution in [0.2, 0.25) is 0 Å². The first-order chi connectivity index (χ1) is 12.7. The minimum absolute atomic E-state index is 0.513. The zero-order valence-electron chi connectivity index (χ0n) is 15.7. The molecule has 0 unspecified atom stereocenters. The number of fused-ring (bicyclic) bond motifs is 1. The van der Waals surface area contributed by atoms with E-state index in [4.69, 9.17) is 5.10 Å². The normalized spacial score (nSPS) is 16.6. The van der Waals surface area contributed by atoms with Gasteiger partial charge in [-0.3, -0.25) is 4.68 Å². The maximum absolute atomic E-state index is 4.76. The van der Waals surface area contributed by atoms with Crippen LogP contribution < -0.4 is 5.32 Å². The Balaban J connectivity index is 1.40. The fourth-order valence-electron chi connectivity index (χ4n) is 3.97. The number of hydrogen-bond acceptors (Lipinski definition) is 3. The maximum atomic E-state index is 4.76. The number of imidazole rings is 1. The summed E-state index contributed by atoms with van der Waals surface area (Å²) in [5, 5.41) is 8.41. The largest absolute Gasteiger partial charge is 0.335 e. The monoisotopic (exact) mass is 349 g/mol. The van der Waals surface area contributed by atoms with Gasteiger partial charge in [-0.25, -0.2) is 4.98 Å². The summed E-state index contributed by atoms with van der Waals surface area (Å²) >= 11 is 0. The lowest BCUT2D eigenvalue weighted by Crippen LogP contribution is -2.26. The molecular weight excluding hydrogens is 322 g/mol. The van der Waals surface area contributed by atoms with Crippen molar-refractivity contribution < 1.29 is 0 Å². The Kier molecular flexibility index (Phi) is 4.89. The third kappa shape index (κ3) is 3.44. The molecule has 5 nitrogen and oxygen atoms in total. The lowest BCUT2D eigenvalue weighted by atomic mass is 9.99. The fourth-order valence-corrected chi connectivity index (χ4v) is 3.97. The molecule has 1 aromatic carbocycles. The van der Waals surface area contributed by atoms with Gasteiger partial charge in [0.05, 0.1) is 12.2 Å². The number of aryl methyl sites for hydroxylation is 2.